The summed E-state index contributed by atoms with van der Waals surface area (Å²) in [7, 11) is 0. The first-order valence-corrected chi connectivity index (χ1v) is 10.1. The van der Waals surface area contributed by atoms with Crippen LogP contribution in [-0.2, 0) is 14.3 Å². The maximum absolute atomic E-state index is 13.8. The lowest BCUT2D eigenvalue weighted by Crippen LogP contribution is -2.37. The van der Waals surface area contributed by atoms with Gasteiger partial charge in [0.15, 0.2) is 11.6 Å². The van der Waals surface area contributed by atoms with Crippen LogP contribution in [0.1, 0.15) is 34.9 Å². The second-order valence-corrected chi connectivity index (χ2v) is 7.77. The molecule has 3 N–H and O–H groups in total. The molecule has 7 heteroatoms. The number of rotatable bonds is 7. The predicted molar refractivity (Wildman–Crippen MR) is 114 cm³/mol. The summed E-state index contributed by atoms with van der Waals surface area (Å²) in [6.45, 7) is 0.00677. The van der Waals surface area contributed by atoms with Crippen LogP contribution in [0.4, 0.5) is 8.78 Å². The van der Waals surface area contributed by atoms with Crippen LogP contribution in [0.2, 0.25) is 0 Å². The SMILES string of the molecule is N[C@@H](CC(=O)O)[C@@H](C(=O)OCC1c2ccccc2-c2ccccc21)c1ccc(F)c(F)c1. The van der Waals surface area contributed by atoms with Crippen molar-refractivity contribution in [2.75, 3.05) is 6.61 Å². The molecule has 3 aromatic rings. The van der Waals surface area contributed by atoms with Gasteiger partial charge in [-0.05, 0) is 39.9 Å². The Morgan fingerprint density at radius 3 is 2.09 bits per heavy atom. The minimum Gasteiger partial charge on any atom is -0.481 e. The average molecular weight is 437 g/mol. The van der Waals surface area contributed by atoms with Gasteiger partial charge in [0.2, 0.25) is 0 Å². The molecule has 0 heterocycles. The van der Waals surface area contributed by atoms with Gasteiger partial charge in [-0.3, -0.25) is 9.59 Å². The molecular formula is C25H21F2NO4. The zero-order valence-electron chi connectivity index (χ0n) is 17.0. The maximum atomic E-state index is 13.8. The smallest absolute Gasteiger partial charge is 0.315 e. The van der Waals surface area contributed by atoms with Crippen molar-refractivity contribution < 1.29 is 28.2 Å². The number of carboxylic acid groups (broad SMARTS) is 1. The molecule has 0 radical (unpaired) electrons. The molecule has 2 atom stereocenters. The summed E-state index contributed by atoms with van der Waals surface area (Å²) in [4.78, 5) is 24.2. The molecule has 0 amide bonds. The number of carbonyl (C=O) groups excluding carboxylic acids is 1. The van der Waals surface area contributed by atoms with Crippen molar-refractivity contribution in [3.8, 4) is 11.1 Å². The molecule has 1 aliphatic carbocycles. The zero-order valence-corrected chi connectivity index (χ0v) is 17.0. The third-order valence-corrected chi connectivity index (χ3v) is 5.75. The highest BCUT2D eigenvalue weighted by Crippen LogP contribution is 2.44. The fourth-order valence-corrected chi connectivity index (χ4v) is 4.28. The van der Waals surface area contributed by atoms with Crippen LogP contribution in [-0.4, -0.2) is 29.7 Å². The molecule has 0 bridgehead atoms. The van der Waals surface area contributed by atoms with Crippen molar-refractivity contribution in [1.29, 1.82) is 0 Å². The van der Waals surface area contributed by atoms with Crippen LogP contribution in [0, 0.1) is 11.6 Å². The highest BCUT2D eigenvalue weighted by atomic mass is 19.2. The first-order valence-electron chi connectivity index (χ1n) is 10.1. The minimum atomic E-state index is -1.26. The van der Waals surface area contributed by atoms with Gasteiger partial charge in [0.05, 0.1) is 12.3 Å². The molecule has 32 heavy (non-hydrogen) atoms. The molecule has 0 aromatic heterocycles. The Morgan fingerprint density at radius 1 is 0.938 bits per heavy atom. The summed E-state index contributed by atoms with van der Waals surface area (Å²) >= 11 is 0. The van der Waals surface area contributed by atoms with Gasteiger partial charge in [-0.2, -0.15) is 0 Å². The van der Waals surface area contributed by atoms with Gasteiger partial charge < -0.3 is 15.6 Å². The number of hydrogen-bond donors (Lipinski definition) is 2. The number of halogens is 2. The van der Waals surface area contributed by atoms with E-state index in [1.54, 1.807) is 0 Å². The number of ether oxygens (including phenoxy) is 1. The Morgan fingerprint density at radius 2 is 1.53 bits per heavy atom. The molecular weight excluding hydrogens is 416 g/mol. The van der Waals surface area contributed by atoms with E-state index in [0.717, 1.165) is 34.4 Å². The second-order valence-electron chi connectivity index (χ2n) is 7.77. The fourth-order valence-electron chi connectivity index (χ4n) is 4.28. The molecule has 0 saturated carbocycles. The third-order valence-electron chi connectivity index (χ3n) is 5.75. The topological polar surface area (TPSA) is 89.6 Å². The highest BCUT2D eigenvalue weighted by Gasteiger charge is 2.34. The van der Waals surface area contributed by atoms with Crippen molar-refractivity contribution in [3.05, 3.63) is 95.1 Å². The summed E-state index contributed by atoms with van der Waals surface area (Å²) in [5, 5.41) is 9.11. The normalized spacial score (nSPS) is 14.3. The van der Waals surface area contributed by atoms with Gasteiger partial charge in [0, 0.05) is 12.0 Å². The summed E-state index contributed by atoms with van der Waals surface area (Å²) in [5.74, 6) is -5.68. The number of esters is 1. The summed E-state index contributed by atoms with van der Waals surface area (Å²) in [6, 6.07) is 17.4. The summed E-state index contributed by atoms with van der Waals surface area (Å²) in [6.07, 6.45) is -0.534. The van der Waals surface area contributed by atoms with Gasteiger partial charge in [-0.1, -0.05) is 54.6 Å². The number of carbonyl (C=O) groups is 2. The molecule has 3 aromatic carbocycles. The van der Waals surface area contributed by atoms with Crippen LogP contribution in [0.3, 0.4) is 0 Å². The predicted octanol–water partition coefficient (Wildman–Crippen LogP) is 4.21. The van der Waals surface area contributed by atoms with E-state index in [-0.39, 0.29) is 18.1 Å². The molecule has 0 unspecified atom stereocenters. The van der Waals surface area contributed by atoms with Crippen LogP contribution in [0.5, 0.6) is 0 Å². The first-order chi connectivity index (χ1) is 15.4. The Balaban J connectivity index is 1.60. The average Bonchev–Trinajstić information content (AvgIpc) is 3.08. The van der Waals surface area contributed by atoms with E-state index in [0.29, 0.717) is 0 Å². The quantitative estimate of drug-likeness (QED) is 0.541. The number of carboxylic acids is 1. The standard InChI is InChI=1S/C25H21F2NO4/c26-20-10-9-14(11-21(20)27)24(22(28)12-23(29)30)25(31)32-13-19-17-7-3-1-5-15(17)16-6-2-4-8-18(16)19/h1-11,19,22,24H,12-13,28H2,(H,29,30)/t22-,24-/m0/s1. The summed E-state index contributed by atoms with van der Waals surface area (Å²) < 4.78 is 32.8. The highest BCUT2D eigenvalue weighted by molar-refractivity contribution is 5.82. The van der Waals surface area contributed by atoms with Gasteiger partial charge in [-0.25, -0.2) is 8.78 Å². The molecule has 4 rings (SSSR count). The minimum absolute atomic E-state index is 0.00677. The molecule has 0 spiro atoms. The van der Waals surface area contributed by atoms with Crippen LogP contribution >= 0.6 is 0 Å². The van der Waals surface area contributed by atoms with Crippen molar-refractivity contribution in [2.45, 2.75) is 24.3 Å². The lowest BCUT2D eigenvalue weighted by atomic mass is 9.89. The summed E-state index contributed by atoms with van der Waals surface area (Å²) in [5.41, 5.74) is 10.2. The van der Waals surface area contributed by atoms with Crippen LogP contribution in [0.25, 0.3) is 11.1 Å². The Kier molecular flexibility index (Phi) is 6.01. The fraction of sp³-hybridized carbons (Fsp3) is 0.200. The lowest BCUT2D eigenvalue weighted by Gasteiger charge is -2.23. The van der Waals surface area contributed by atoms with Crippen LogP contribution in [0.15, 0.2) is 66.7 Å². The van der Waals surface area contributed by atoms with Crippen LogP contribution < -0.4 is 5.73 Å². The van der Waals surface area contributed by atoms with E-state index >= 15 is 0 Å². The molecule has 1 aliphatic rings. The van der Waals surface area contributed by atoms with E-state index in [9.17, 15) is 18.4 Å². The van der Waals surface area contributed by atoms with Gasteiger partial charge in [-0.15, -0.1) is 0 Å². The number of nitrogens with two attached hydrogens (primary N) is 1. The van der Waals surface area contributed by atoms with Gasteiger partial charge >= 0.3 is 11.9 Å². The number of hydrogen-bond acceptors (Lipinski definition) is 4. The number of benzene rings is 3. The van der Waals surface area contributed by atoms with E-state index in [2.05, 4.69) is 0 Å². The van der Waals surface area contributed by atoms with Crippen molar-refractivity contribution >= 4 is 11.9 Å². The Labute approximate surface area is 183 Å². The van der Waals surface area contributed by atoms with E-state index in [4.69, 9.17) is 15.6 Å². The lowest BCUT2D eigenvalue weighted by molar-refractivity contribution is -0.146. The first kappa shape index (κ1) is 21.6. The van der Waals surface area contributed by atoms with E-state index in [1.165, 1.54) is 6.07 Å². The zero-order chi connectivity index (χ0) is 22.8. The molecule has 0 aliphatic heterocycles. The van der Waals surface area contributed by atoms with E-state index < -0.39 is 42.0 Å². The largest absolute Gasteiger partial charge is 0.481 e. The monoisotopic (exact) mass is 437 g/mol. The number of aliphatic carboxylic acids is 1. The van der Waals surface area contributed by atoms with Crippen molar-refractivity contribution in [3.63, 3.8) is 0 Å². The second kappa shape index (κ2) is 8.88. The van der Waals surface area contributed by atoms with E-state index in [1.807, 2.05) is 48.5 Å². The van der Waals surface area contributed by atoms with Gasteiger partial charge in [0.25, 0.3) is 0 Å². The van der Waals surface area contributed by atoms with Gasteiger partial charge in [0.1, 0.15) is 6.61 Å². The number of fused-ring (bicyclic) bond motifs is 3. The molecule has 0 saturated heterocycles. The molecule has 5 nitrogen and oxygen atoms in total. The molecule has 0 fully saturated rings. The molecule has 164 valence electrons. The third kappa shape index (κ3) is 4.11. The Bertz CT molecular complexity index is 1130. The van der Waals surface area contributed by atoms with Crippen molar-refractivity contribution in [1.82, 2.24) is 0 Å². The van der Waals surface area contributed by atoms with Crippen molar-refractivity contribution in [2.24, 2.45) is 5.73 Å². The maximum Gasteiger partial charge on any atom is 0.315 e. The Hall–Kier alpha value is -3.58.